The minimum absolute atomic E-state index is 0.124. The van der Waals surface area contributed by atoms with Crippen molar-refractivity contribution in [2.75, 3.05) is 31.1 Å². The van der Waals surface area contributed by atoms with E-state index in [-0.39, 0.29) is 5.75 Å². The molecular formula is C23H23N3O3. The highest BCUT2D eigenvalue weighted by molar-refractivity contribution is 5.84. The van der Waals surface area contributed by atoms with Gasteiger partial charge in [0.1, 0.15) is 17.4 Å². The third-order valence-corrected chi connectivity index (χ3v) is 5.57. The average Bonchev–Trinajstić information content (AvgIpc) is 2.96. The summed E-state index contributed by atoms with van der Waals surface area (Å²) in [5.41, 5.74) is 3.21. The lowest BCUT2D eigenvalue weighted by atomic mass is 10.1. The van der Waals surface area contributed by atoms with Gasteiger partial charge in [-0.3, -0.25) is 4.90 Å². The summed E-state index contributed by atoms with van der Waals surface area (Å²) in [6.07, 6.45) is 0.971. The van der Waals surface area contributed by atoms with Crippen LogP contribution in [0.25, 0.3) is 11.0 Å². The molecule has 0 spiro atoms. The van der Waals surface area contributed by atoms with E-state index in [4.69, 9.17) is 4.42 Å². The average molecular weight is 389 g/mol. The van der Waals surface area contributed by atoms with Crippen molar-refractivity contribution in [3.63, 3.8) is 0 Å². The van der Waals surface area contributed by atoms with Crippen molar-refractivity contribution in [1.82, 2.24) is 4.90 Å². The van der Waals surface area contributed by atoms with Gasteiger partial charge >= 0.3 is 5.63 Å². The molecule has 4 rings (SSSR count). The van der Waals surface area contributed by atoms with Gasteiger partial charge in [-0.1, -0.05) is 12.1 Å². The maximum atomic E-state index is 12.1. The van der Waals surface area contributed by atoms with Gasteiger partial charge in [0.2, 0.25) is 0 Å². The largest absolute Gasteiger partial charge is 0.508 e. The minimum Gasteiger partial charge on any atom is -0.508 e. The molecular weight excluding hydrogens is 366 g/mol. The van der Waals surface area contributed by atoms with E-state index in [1.54, 1.807) is 19.1 Å². The summed E-state index contributed by atoms with van der Waals surface area (Å²) in [6, 6.07) is 15.0. The number of rotatable bonds is 3. The van der Waals surface area contributed by atoms with Crippen LogP contribution in [0.2, 0.25) is 0 Å². The first-order chi connectivity index (χ1) is 14.1. The monoisotopic (exact) mass is 389 g/mol. The van der Waals surface area contributed by atoms with Gasteiger partial charge in [-0.05, 0) is 43.2 Å². The lowest BCUT2D eigenvalue weighted by Crippen LogP contribution is -2.31. The molecule has 0 saturated carbocycles. The topological polar surface area (TPSA) is 80.7 Å². The van der Waals surface area contributed by atoms with Gasteiger partial charge in [-0.15, -0.1) is 0 Å². The highest BCUT2D eigenvalue weighted by Gasteiger charge is 2.19. The second-order valence-corrected chi connectivity index (χ2v) is 7.42. The van der Waals surface area contributed by atoms with Gasteiger partial charge < -0.3 is 14.4 Å². The molecule has 0 unspecified atom stereocenters. The summed E-state index contributed by atoms with van der Waals surface area (Å²) in [5, 5.41) is 20.2. The molecule has 6 nitrogen and oxygen atoms in total. The summed E-state index contributed by atoms with van der Waals surface area (Å²) in [6.45, 7) is 5.83. The van der Waals surface area contributed by atoms with Crippen LogP contribution in [0.1, 0.15) is 23.1 Å². The fraction of sp³-hybridized carbons (Fsp3) is 0.304. The molecule has 29 heavy (non-hydrogen) atoms. The number of hydrogen-bond acceptors (Lipinski definition) is 6. The summed E-state index contributed by atoms with van der Waals surface area (Å²) in [4.78, 5) is 16.7. The van der Waals surface area contributed by atoms with Crippen LogP contribution in [0.3, 0.4) is 0 Å². The Morgan fingerprint density at radius 2 is 1.97 bits per heavy atom. The molecule has 1 aliphatic rings. The normalized spacial score (nSPS) is 15.2. The predicted octanol–water partition coefficient (Wildman–Crippen LogP) is 3.39. The third kappa shape index (κ3) is 3.82. The Morgan fingerprint density at radius 1 is 1.14 bits per heavy atom. The Bertz CT molecular complexity index is 1150. The van der Waals surface area contributed by atoms with Crippen LogP contribution in [0.15, 0.2) is 51.7 Å². The summed E-state index contributed by atoms with van der Waals surface area (Å²) in [7, 11) is 0. The number of aromatic hydroxyl groups is 1. The van der Waals surface area contributed by atoms with Crippen molar-refractivity contribution in [2.45, 2.75) is 19.9 Å². The van der Waals surface area contributed by atoms with Crippen LogP contribution in [0.5, 0.6) is 5.75 Å². The van der Waals surface area contributed by atoms with Crippen LogP contribution >= 0.6 is 0 Å². The summed E-state index contributed by atoms with van der Waals surface area (Å²) < 4.78 is 5.36. The van der Waals surface area contributed by atoms with Crippen molar-refractivity contribution in [3.8, 4) is 11.8 Å². The number of phenols is 1. The smallest absolute Gasteiger partial charge is 0.336 e. The quantitative estimate of drug-likeness (QED) is 0.692. The molecule has 1 N–H and O–H groups in total. The maximum absolute atomic E-state index is 12.1. The van der Waals surface area contributed by atoms with E-state index >= 15 is 0 Å². The molecule has 6 heteroatoms. The van der Waals surface area contributed by atoms with Gasteiger partial charge in [0.25, 0.3) is 0 Å². The van der Waals surface area contributed by atoms with Crippen LogP contribution in [-0.4, -0.2) is 36.2 Å². The molecule has 1 fully saturated rings. The Hall–Kier alpha value is -3.30. The summed E-state index contributed by atoms with van der Waals surface area (Å²) in [5.74, 6) is 0.124. The minimum atomic E-state index is -0.402. The fourth-order valence-corrected chi connectivity index (χ4v) is 4.00. The first-order valence-corrected chi connectivity index (χ1v) is 9.78. The first-order valence-electron chi connectivity index (χ1n) is 9.78. The molecule has 0 aliphatic carbocycles. The number of aryl methyl sites for hydroxylation is 1. The van der Waals surface area contributed by atoms with Crippen LogP contribution in [-0.2, 0) is 6.54 Å². The van der Waals surface area contributed by atoms with Crippen molar-refractivity contribution in [2.24, 2.45) is 0 Å². The second kappa shape index (κ2) is 7.98. The van der Waals surface area contributed by atoms with E-state index in [2.05, 4.69) is 15.9 Å². The van der Waals surface area contributed by atoms with Gasteiger partial charge in [0.15, 0.2) is 0 Å². The van der Waals surface area contributed by atoms with Crippen molar-refractivity contribution in [1.29, 1.82) is 5.26 Å². The SMILES string of the molecule is Cc1c(O)ccc2c(CN3CCCN(c4ccccc4C#N)CC3)cc(=O)oc12. The Labute approximate surface area is 169 Å². The molecule has 2 aromatic carbocycles. The molecule has 0 bridgehead atoms. The predicted molar refractivity (Wildman–Crippen MR) is 112 cm³/mol. The van der Waals surface area contributed by atoms with E-state index in [0.29, 0.717) is 23.3 Å². The van der Waals surface area contributed by atoms with E-state index in [9.17, 15) is 15.2 Å². The van der Waals surface area contributed by atoms with Crippen LogP contribution < -0.4 is 10.5 Å². The molecule has 0 amide bonds. The number of nitrogens with zero attached hydrogens (tertiary/aromatic N) is 3. The van der Waals surface area contributed by atoms with Crippen LogP contribution in [0.4, 0.5) is 5.69 Å². The standard InChI is InChI=1S/C23H23N3O3/c1-16-21(27)8-7-19-18(13-22(28)29-23(16)19)15-25-9-4-10-26(12-11-25)20-6-3-2-5-17(20)14-24/h2-3,5-8,13,27H,4,9-12,15H2,1H3. The Balaban J connectivity index is 1.57. The van der Waals surface area contributed by atoms with E-state index in [1.165, 1.54) is 0 Å². The van der Waals surface area contributed by atoms with Gasteiger partial charge in [0, 0.05) is 49.7 Å². The van der Waals surface area contributed by atoms with E-state index < -0.39 is 5.63 Å². The first kappa shape index (κ1) is 19.0. The van der Waals surface area contributed by atoms with E-state index in [1.807, 2.05) is 30.3 Å². The number of benzene rings is 2. The van der Waals surface area contributed by atoms with Gasteiger partial charge in [-0.2, -0.15) is 5.26 Å². The molecule has 0 radical (unpaired) electrons. The molecule has 1 aromatic heterocycles. The Kier molecular flexibility index (Phi) is 5.24. The number of hydrogen-bond donors (Lipinski definition) is 1. The molecule has 0 atom stereocenters. The van der Waals surface area contributed by atoms with Gasteiger partial charge in [-0.25, -0.2) is 4.79 Å². The number of para-hydroxylation sites is 1. The van der Waals surface area contributed by atoms with E-state index in [0.717, 1.165) is 49.2 Å². The van der Waals surface area contributed by atoms with Crippen molar-refractivity contribution >= 4 is 16.7 Å². The molecule has 1 aliphatic heterocycles. The highest BCUT2D eigenvalue weighted by Crippen LogP contribution is 2.28. The molecule has 148 valence electrons. The number of nitriles is 1. The molecule has 3 aromatic rings. The number of anilines is 1. The zero-order valence-electron chi connectivity index (χ0n) is 16.4. The van der Waals surface area contributed by atoms with Crippen LogP contribution in [0, 0.1) is 18.3 Å². The highest BCUT2D eigenvalue weighted by atomic mass is 16.4. The number of fused-ring (bicyclic) bond motifs is 1. The molecule has 2 heterocycles. The van der Waals surface area contributed by atoms with Gasteiger partial charge in [0.05, 0.1) is 11.3 Å². The third-order valence-electron chi connectivity index (χ3n) is 5.57. The second-order valence-electron chi connectivity index (χ2n) is 7.42. The van der Waals surface area contributed by atoms with Crippen molar-refractivity contribution < 1.29 is 9.52 Å². The maximum Gasteiger partial charge on any atom is 0.336 e. The lowest BCUT2D eigenvalue weighted by molar-refractivity contribution is 0.286. The Morgan fingerprint density at radius 3 is 2.79 bits per heavy atom. The fourth-order valence-electron chi connectivity index (χ4n) is 4.00. The zero-order valence-corrected chi connectivity index (χ0v) is 16.4. The van der Waals surface area contributed by atoms with Crippen molar-refractivity contribution in [3.05, 3.63) is 69.6 Å². The lowest BCUT2D eigenvalue weighted by Gasteiger charge is -2.24. The number of phenolic OH excluding ortho intramolecular Hbond substituents is 1. The zero-order chi connectivity index (χ0) is 20.4. The molecule has 1 saturated heterocycles. The summed E-state index contributed by atoms with van der Waals surface area (Å²) >= 11 is 0.